The van der Waals surface area contributed by atoms with Gasteiger partial charge in [-0.05, 0) is 75.9 Å². The van der Waals surface area contributed by atoms with Crippen molar-refractivity contribution in [2.24, 2.45) is 0 Å². The van der Waals surface area contributed by atoms with Gasteiger partial charge in [0.25, 0.3) is 0 Å². The second-order valence-corrected chi connectivity index (χ2v) is 8.68. The van der Waals surface area contributed by atoms with E-state index in [1.807, 2.05) is 0 Å². The molecule has 4 aliphatic heterocycles. The van der Waals surface area contributed by atoms with Crippen molar-refractivity contribution in [3.8, 4) is 0 Å². The molecule has 1 N–H and O–H groups in total. The molecule has 0 aromatic carbocycles. The van der Waals surface area contributed by atoms with Crippen molar-refractivity contribution < 1.29 is 24.1 Å². The first kappa shape index (κ1) is 17.6. The molecule has 1 aliphatic carbocycles. The van der Waals surface area contributed by atoms with Gasteiger partial charge >= 0.3 is 0 Å². The molecular weight excluding hydrogens is 332 g/mol. The zero-order valence-electron chi connectivity index (χ0n) is 15.8. The Balaban J connectivity index is 1.73. The molecule has 0 unspecified atom stereocenters. The highest BCUT2D eigenvalue weighted by atomic mass is 16.6. The van der Waals surface area contributed by atoms with Crippen molar-refractivity contribution in [1.82, 2.24) is 0 Å². The van der Waals surface area contributed by atoms with Crippen LogP contribution in [0.5, 0.6) is 0 Å². The maximum Gasteiger partial charge on any atom is 0.133 e. The number of ether oxygens (including phenoxy) is 4. The molecule has 4 spiro atoms. The highest BCUT2D eigenvalue weighted by Crippen LogP contribution is 2.66. The van der Waals surface area contributed by atoms with Gasteiger partial charge in [0.05, 0.1) is 0 Å². The van der Waals surface area contributed by atoms with E-state index in [-0.39, 0.29) is 6.61 Å². The normalized spacial score (nSPS) is 47.8. The molecule has 0 amide bonds. The van der Waals surface area contributed by atoms with Crippen LogP contribution < -0.4 is 0 Å². The summed E-state index contributed by atoms with van der Waals surface area (Å²) in [6.07, 6.45) is 12.2. The summed E-state index contributed by atoms with van der Waals surface area (Å²) < 4.78 is 26.5. The number of aliphatic hydroxyl groups excluding tert-OH is 1. The summed E-state index contributed by atoms with van der Waals surface area (Å²) in [6.45, 7) is 3.34. The number of hydrogen-bond donors (Lipinski definition) is 1. The van der Waals surface area contributed by atoms with Gasteiger partial charge < -0.3 is 24.1 Å². The van der Waals surface area contributed by atoms with E-state index in [2.05, 4.69) is 6.08 Å². The van der Waals surface area contributed by atoms with E-state index >= 15 is 0 Å². The van der Waals surface area contributed by atoms with Crippen LogP contribution >= 0.6 is 0 Å². The van der Waals surface area contributed by atoms with Crippen molar-refractivity contribution in [3.05, 3.63) is 11.6 Å². The number of hydrogen-bond acceptors (Lipinski definition) is 5. The Morgan fingerprint density at radius 2 is 1.42 bits per heavy atom. The van der Waals surface area contributed by atoms with Gasteiger partial charge in [0, 0.05) is 33.0 Å². The van der Waals surface area contributed by atoms with Gasteiger partial charge in [-0.25, -0.2) is 0 Å². The Morgan fingerprint density at radius 3 is 2.00 bits per heavy atom. The molecule has 4 saturated heterocycles. The summed E-state index contributed by atoms with van der Waals surface area (Å²) >= 11 is 0. The van der Waals surface area contributed by atoms with E-state index in [9.17, 15) is 5.11 Å². The maximum absolute atomic E-state index is 9.49. The van der Waals surface area contributed by atoms with E-state index in [0.717, 1.165) is 90.6 Å². The van der Waals surface area contributed by atoms with Crippen LogP contribution in [0.2, 0.25) is 0 Å². The lowest BCUT2D eigenvalue weighted by molar-refractivity contribution is -0.298. The van der Waals surface area contributed by atoms with Crippen molar-refractivity contribution in [1.29, 1.82) is 0 Å². The Morgan fingerprint density at radius 1 is 0.769 bits per heavy atom. The van der Waals surface area contributed by atoms with Gasteiger partial charge in [0.1, 0.15) is 22.4 Å². The third kappa shape index (κ3) is 1.99. The van der Waals surface area contributed by atoms with Gasteiger partial charge in [-0.1, -0.05) is 0 Å². The van der Waals surface area contributed by atoms with Crippen molar-refractivity contribution >= 4 is 0 Å². The van der Waals surface area contributed by atoms with Gasteiger partial charge in [0.2, 0.25) is 0 Å². The summed E-state index contributed by atoms with van der Waals surface area (Å²) in [5.41, 5.74) is -0.374. The molecule has 26 heavy (non-hydrogen) atoms. The molecule has 5 nitrogen and oxygen atoms in total. The lowest BCUT2D eigenvalue weighted by Gasteiger charge is -2.63. The summed E-state index contributed by atoms with van der Waals surface area (Å²) in [4.78, 5) is 0. The minimum Gasteiger partial charge on any atom is -0.396 e. The summed E-state index contributed by atoms with van der Waals surface area (Å²) in [5, 5.41) is 9.49. The summed E-state index contributed by atoms with van der Waals surface area (Å²) in [7, 11) is 0. The smallest absolute Gasteiger partial charge is 0.133 e. The molecule has 146 valence electrons. The van der Waals surface area contributed by atoms with E-state index in [1.165, 1.54) is 5.57 Å². The third-order valence-electron chi connectivity index (χ3n) is 7.64. The summed E-state index contributed by atoms with van der Waals surface area (Å²) in [5.74, 6) is 0. The predicted molar refractivity (Wildman–Crippen MR) is 96.1 cm³/mol. The van der Waals surface area contributed by atoms with E-state index in [0.29, 0.717) is 0 Å². The first-order chi connectivity index (χ1) is 12.7. The Hall–Kier alpha value is -0.460. The number of fused-ring (bicyclic) bond motifs is 3. The lowest BCUT2D eigenvalue weighted by atomic mass is 9.53. The predicted octanol–water partition coefficient (Wildman–Crippen LogP) is 2.90. The Bertz CT molecular complexity index is 559. The molecule has 5 aliphatic rings. The molecule has 0 aromatic heterocycles. The largest absolute Gasteiger partial charge is 0.396 e. The molecule has 5 rings (SSSR count). The zero-order valence-corrected chi connectivity index (χ0v) is 15.8. The Labute approximate surface area is 156 Å². The van der Waals surface area contributed by atoms with Gasteiger partial charge in [0.15, 0.2) is 0 Å². The van der Waals surface area contributed by atoms with Gasteiger partial charge in [-0.2, -0.15) is 0 Å². The van der Waals surface area contributed by atoms with Crippen LogP contribution in [0.1, 0.15) is 64.2 Å². The number of aliphatic hydroxyl groups is 1. The molecular formula is C21H32O5. The van der Waals surface area contributed by atoms with E-state index in [1.54, 1.807) is 0 Å². The SMILES string of the molecule is OCCCC1=C[C@]2(CCCO2)[C@]2(CCCO2)[C@]2(CCCO2)[C@]12CCCO2. The topological polar surface area (TPSA) is 57.2 Å². The second-order valence-electron chi connectivity index (χ2n) is 8.68. The van der Waals surface area contributed by atoms with Crippen LogP contribution in [-0.2, 0) is 18.9 Å². The standard InChI is InChI=1S/C21H32O5/c22-11-1-6-17-16-18(7-2-12-23-18)20(9-4-14-25-20)21(10-5-15-26-21)19(17)8-3-13-24-19/h16,22H,1-15H2/t18-,19+,20-,21+/m1/s1. The lowest BCUT2D eigenvalue weighted by Crippen LogP contribution is -2.77. The first-order valence-electron chi connectivity index (χ1n) is 10.6. The van der Waals surface area contributed by atoms with E-state index in [4.69, 9.17) is 18.9 Å². The fourth-order valence-corrected chi connectivity index (χ4v) is 6.86. The Kier molecular flexibility index (Phi) is 4.26. The minimum atomic E-state index is -0.448. The second kappa shape index (κ2) is 6.28. The fourth-order valence-electron chi connectivity index (χ4n) is 6.86. The zero-order chi connectivity index (χ0) is 17.7. The number of rotatable bonds is 3. The minimum absolute atomic E-state index is 0.205. The highest BCUT2D eigenvalue weighted by molar-refractivity contribution is 5.44. The fraction of sp³-hybridized carbons (Fsp3) is 0.905. The average Bonchev–Trinajstić information content (AvgIpc) is 3.44. The van der Waals surface area contributed by atoms with Gasteiger partial charge in [-0.15, -0.1) is 0 Å². The molecule has 5 heteroatoms. The molecule has 0 saturated carbocycles. The van der Waals surface area contributed by atoms with Crippen molar-refractivity contribution in [3.63, 3.8) is 0 Å². The van der Waals surface area contributed by atoms with Crippen LogP contribution in [-0.4, -0.2) is 60.5 Å². The van der Waals surface area contributed by atoms with E-state index < -0.39 is 22.4 Å². The van der Waals surface area contributed by atoms with Gasteiger partial charge in [-0.3, -0.25) is 0 Å². The summed E-state index contributed by atoms with van der Waals surface area (Å²) in [6, 6.07) is 0. The molecule has 0 bridgehead atoms. The quantitative estimate of drug-likeness (QED) is 0.781. The monoisotopic (exact) mass is 364 g/mol. The van der Waals surface area contributed by atoms with Crippen molar-refractivity contribution in [2.45, 2.75) is 86.6 Å². The molecule has 4 fully saturated rings. The molecule has 0 radical (unpaired) electrons. The third-order valence-corrected chi connectivity index (χ3v) is 7.64. The average molecular weight is 364 g/mol. The van der Waals surface area contributed by atoms with Crippen LogP contribution in [0.3, 0.4) is 0 Å². The van der Waals surface area contributed by atoms with Crippen LogP contribution in [0, 0.1) is 0 Å². The first-order valence-corrected chi connectivity index (χ1v) is 10.6. The highest BCUT2D eigenvalue weighted by Gasteiger charge is 2.78. The van der Waals surface area contributed by atoms with Crippen molar-refractivity contribution in [2.75, 3.05) is 33.0 Å². The molecule has 4 heterocycles. The van der Waals surface area contributed by atoms with Crippen LogP contribution in [0.25, 0.3) is 0 Å². The van der Waals surface area contributed by atoms with Crippen LogP contribution in [0.15, 0.2) is 11.6 Å². The van der Waals surface area contributed by atoms with Crippen LogP contribution in [0.4, 0.5) is 0 Å². The maximum atomic E-state index is 9.49. The molecule has 0 aromatic rings. The molecule has 4 atom stereocenters.